The van der Waals surface area contributed by atoms with Gasteiger partial charge >= 0.3 is 0 Å². The van der Waals surface area contributed by atoms with Crippen LogP contribution in [-0.2, 0) is 0 Å². The minimum Gasteiger partial charge on any atom is -0.312 e. The van der Waals surface area contributed by atoms with E-state index in [1.54, 1.807) is 0 Å². The van der Waals surface area contributed by atoms with Crippen LogP contribution in [-0.4, -0.2) is 36.6 Å². The maximum atomic E-state index is 3.64. The Morgan fingerprint density at radius 3 is 2.56 bits per heavy atom. The van der Waals surface area contributed by atoms with Crippen molar-refractivity contribution in [2.75, 3.05) is 26.2 Å². The van der Waals surface area contributed by atoms with Gasteiger partial charge in [-0.15, -0.1) is 0 Å². The van der Waals surface area contributed by atoms with Crippen molar-refractivity contribution in [1.82, 2.24) is 10.2 Å². The Morgan fingerprint density at radius 2 is 2.00 bits per heavy atom. The third-order valence-corrected chi connectivity index (χ3v) is 4.06. The molecule has 16 heavy (non-hydrogen) atoms. The van der Waals surface area contributed by atoms with Crippen molar-refractivity contribution in [2.45, 2.75) is 46.1 Å². The average molecular weight is 224 g/mol. The fourth-order valence-electron chi connectivity index (χ4n) is 2.68. The normalized spacial score (nSPS) is 35.6. The van der Waals surface area contributed by atoms with E-state index in [4.69, 9.17) is 0 Å². The Morgan fingerprint density at radius 1 is 1.31 bits per heavy atom. The highest BCUT2D eigenvalue weighted by Crippen LogP contribution is 2.38. The first-order chi connectivity index (χ1) is 7.44. The maximum absolute atomic E-state index is 3.64. The molecular weight excluding hydrogens is 196 g/mol. The molecule has 2 rings (SSSR count). The fraction of sp³-hybridized carbons (Fsp3) is 1.00. The fourth-order valence-corrected chi connectivity index (χ4v) is 2.68. The molecule has 2 nitrogen and oxygen atoms in total. The molecule has 2 fully saturated rings. The van der Waals surface area contributed by atoms with Crippen LogP contribution in [0.1, 0.15) is 40.5 Å². The van der Waals surface area contributed by atoms with Crippen molar-refractivity contribution in [1.29, 1.82) is 0 Å². The van der Waals surface area contributed by atoms with E-state index in [0.717, 1.165) is 17.8 Å². The van der Waals surface area contributed by atoms with Gasteiger partial charge in [-0.1, -0.05) is 6.92 Å². The molecule has 1 saturated heterocycles. The van der Waals surface area contributed by atoms with Gasteiger partial charge in [-0.25, -0.2) is 0 Å². The van der Waals surface area contributed by atoms with E-state index in [0.29, 0.717) is 0 Å². The molecule has 0 spiro atoms. The van der Waals surface area contributed by atoms with Gasteiger partial charge in [0.15, 0.2) is 0 Å². The number of likely N-dealkylation sites (tertiary alicyclic amines) is 1. The summed E-state index contributed by atoms with van der Waals surface area (Å²) in [7, 11) is 0. The molecular formula is C14H28N2. The molecule has 1 N–H and O–H groups in total. The second-order valence-corrected chi connectivity index (χ2v) is 7.02. The van der Waals surface area contributed by atoms with E-state index < -0.39 is 0 Å². The summed E-state index contributed by atoms with van der Waals surface area (Å²) in [6.07, 6.45) is 2.87. The van der Waals surface area contributed by atoms with E-state index in [2.05, 4.69) is 37.9 Å². The lowest BCUT2D eigenvalue weighted by atomic mass is 10.1. The Balaban J connectivity index is 1.63. The van der Waals surface area contributed by atoms with Gasteiger partial charge in [0.1, 0.15) is 0 Å². The minimum atomic E-state index is 0.276. The van der Waals surface area contributed by atoms with Crippen LogP contribution in [0.4, 0.5) is 0 Å². The predicted octanol–water partition coefficient (Wildman–Crippen LogP) is 2.35. The van der Waals surface area contributed by atoms with E-state index in [1.165, 1.54) is 39.0 Å². The van der Waals surface area contributed by atoms with E-state index >= 15 is 0 Å². The zero-order valence-electron chi connectivity index (χ0n) is 11.4. The second-order valence-electron chi connectivity index (χ2n) is 7.02. The molecule has 1 saturated carbocycles. The van der Waals surface area contributed by atoms with Crippen molar-refractivity contribution in [3.8, 4) is 0 Å². The summed E-state index contributed by atoms with van der Waals surface area (Å²) in [5.41, 5.74) is 0.276. The van der Waals surface area contributed by atoms with Crippen LogP contribution in [0.5, 0.6) is 0 Å². The quantitative estimate of drug-likeness (QED) is 0.788. The molecule has 0 aromatic rings. The van der Waals surface area contributed by atoms with Crippen molar-refractivity contribution in [3.05, 3.63) is 0 Å². The zero-order chi connectivity index (χ0) is 11.8. The summed E-state index contributed by atoms with van der Waals surface area (Å²) in [4.78, 5) is 2.68. The molecule has 94 valence electrons. The van der Waals surface area contributed by atoms with Gasteiger partial charge < -0.3 is 10.2 Å². The molecule has 1 heterocycles. The summed E-state index contributed by atoms with van der Waals surface area (Å²) in [5, 5.41) is 3.64. The molecule has 2 aliphatic rings. The maximum Gasteiger partial charge on any atom is 0.00966 e. The van der Waals surface area contributed by atoms with Gasteiger partial charge in [0.2, 0.25) is 0 Å². The lowest BCUT2D eigenvalue weighted by molar-refractivity contribution is 0.297. The Labute approximate surface area is 101 Å². The summed E-state index contributed by atoms with van der Waals surface area (Å²) in [6, 6.07) is 0. The third kappa shape index (κ3) is 3.74. The van der Waals surface area contributed by atoms with Gasteiger partial charge in [-0.05, 0) is 64.5 Å². The van der Waals surface area contributed by atoms with Gasteiger partial charge in [-0.2, -0.15) is 0 Å². The highest BCUT2D eigenvalue weighted by atomic mass is 15.2. The van der Waals surface area contributed by atoms with Crippen LogP contribution in [0.3, 0.4) is 0 Å². The molecule has 3 atom stereocenters. The molecule has 0 aromatic carbocycles. The number of rotatable bonds is 4. The number of nitrogens with one attached hydrogen (secondary N) is 1. The molecule has 0 amide bonds. The van der Waals surface area contributed by atoms with Gasteiger partial charge in [0.05, 0.1) is 0 Å². The standard InChI is InChI=1S/C14H28N2/c1-11-7-13(11)10-16-6-5-12(9-16)8-15-14(2,3)4/h11-13,15H,5-10H2,1-4H3. The lowest BCUT2D eigenvalue weighted by Gasteiger charge is -2.23. The third-order valence-electron chi connectivity index (χ3n) is 4.06. The van der Waals surface area contributed by atoms with Gasteiger partial charge in [0, 0.05) is 18.6 Å². The van der Waals surface area contributed by atoms with Crippen LogP contribution < -0.4 is 5.32 Å². The Hall–Kier alpha value is -0.0800. The highest BCUT2D eigenvalue weighted by molar-refractivity contribution is 4.88. The average Bonchev–Trinajstić information content (AvgIpc) is 2.69. The number of hydrogen-bond donors (Lipinski definition) is 1. The van der Waals surface area contributed by atoms with Crippen molar-refractivity contribution in [2.24, 2.45) is 17.8 Å². The van der Waals surface area contributed by atoms with Crippen LogP contribution in [0.15, 0.2) is 0 Å². The van der Waals surface area contributed by atoms with E-state index in [1.807, 2.05) is 0 Å². The first-order valence-electron chi connectivity index (χ1n) is 6.91. The topological polar surface area (TPSA) is 15.3 Å². The number of hydrogen-bond acceptors (Lipinski definition) is 2. The Kier molecular flexibility index (Phi) is 3.60. The van der Waals surface area contributed by atoms with Crippen LogP contribution in [0.2, 0.25) is 0 Å². The zero-order valence-corrected chi connectivity index (χ0v) is 11.4. The summed E-state index contributed by atoms with van der Waals surface area (Å²) < 4.78 is 0. The van der Waals surface area contributed by atoms with Crippen molar-refractivity contribution < 1.29 is 0 Å². The van der Waals surface area contributed by atoms with Crippen LogP contribution in [0.25, 0.3) is 0 Å². The second kappa shape index (κ2) is 4.66. The SMILES string of the molecule is CC1CC1CN1CCC(CNC(C)(C)C)C1. The summed E-state index contributed by atoms with van der Waals surface area (Å²) in [6.45, 7) is 14.4. The number of nitrogens with zero attached hydrogens (tertiary/aromatic N) is 1. The smallest absolute Gasteiger partial charge is 0.00966 e. The largest absolute Gasteiger partial charge is 0.312 e. The summed E-state index contributed by atoms with van der Waals surface area (Å²) in [5.74, 6) is 2.91. The van der Waals surface area contributed by atoms with Crippen LogP contribution >= 0.6 is 0 Å². The van der Waals surface area contributed by atoms with Gasteiger partial charge in [-0.3, -0.25) is 0 Å². The monoisotopic (exact) mass is 224 g/mol. The first-order valence-corrected chi connectivity index (χ1v) is 6.91. The van der Waals surface area contributed by atoms with E-state index in [-0.39, 0.29) is 5.54 Å². The minimum absolute atomic E-state index is 0.276. The van der Waals surface area contributed by atoms with E-state index in [9.17, 15) is 0 Å². The molecule has 0 bridgehead atoms. The lowest BCUT2D eigenvalue weighted by Crippen LogP contribution is -2.39. The molecule has 0 aromatic heterocycles. The molecule has 1 aliphatic carbocycles. The molecule has 2 heteroatoms. The summed E-state index contributed by atoms with van der Waals surface area (Å²) >= 11 is 0. The Bertz CT molecular complexity index is 231. The van der Waals surface area contributed by atoms with Crippen molar-refractivity contribution >= 4 is 0 Å². The molecule has 3 unspecified atom stereocenters. The highest BCUT2D eigenvalue weighted by Gasteiger charge is 2.35. The van der Waals surface area contributed by atoms with Crippen LogP contribution in [0, 0.1) is 17.8 Å². The first kappa shape index (κ1) is 12.4. The molecule has 0 radical (unpaired) electrons. The molecule has 1 aliphatic heterocycles. The predicted molar refractivity (Wildman–Crippen MR) is 69.6 cm³/mol. The van der Waals surface area contributed by atoms with Gasteiger partial charge in [0.25, 0.3) is 0 Å². The van der Waals surface area contributed by atoms with Crippen molar-refractivity contribution in [3.63, 3.8) is 0 Å².